The Hall–Kier alpha value is -1.13. The summed E-state index contributed by atoms with van der Waals surface area (Å²) in [7, 11) is 0. The van der Waals surface area contributed by atoms with E-state index in [9.17, 15) is 0 Å². The second-order valence-corrected chi connectivity index (χ2v) is 4.89. The van der Waals surface area contributed by atoms with Gasteiger partial charge in [0.05, 0.1) is 6.04 Å². The second kappa shape index (κ2) is 3.79. The first-order chi connectivity index (χ1) is 7.08. The predicted octanol–water partition coefficient (Wildman–Crippen LogP) is 3.04. The highest BCUT2D eigenvalue weighted by molar-refractivity contribution is 7.12. The van der Waals surface area contributed by atoms with E-state index in [0.717, 1.165) is 27.1 Å². The summed E-state index contributed by atoms with van der Waals surface area (Å²) in [5, 5.41) is 0.955. The molecule has 2 aromatic heterocycles. The summed E-state index contributed by atoms with van der Waals surface area (Å²) in [6.07, 6.45) is 0. The molecule has 15 heavy (non-hydrogen) atoms. The number of furan rings is 1. The molecular weight excluding hydrogens is 208 g/mol. The summed E-state index contributed by atoms with van der Waals surface area (Å²) in [5.41, 5.74) is 6.71. The molecule has 80 valence electrons. The first kappa shape index (κ1) is 10.4. The van der Waals surface area contributed by atoms with Gasteiger partial charge in [-0.3, -0.25) is 0 Å². The van der Waals surface area contributed by atoms with Crippen LogP contribution in [0, 0.1) is 13.8 Å². The zero-order valence-corrected chi connectivity index (χ0v) is 9.89. The Morgan fingerprint density at radius 2 is 2.13 bits per heavy atom. The normalized spacial score (nSPS) is 13.1. The Kier molecular flexibility index (Phi) is 2.63. The summed E-state index contributed by atoms with van der Waals surface area (Å²) in [6, 6.07) is 3.88. The van der Waals surface area contributed by atoms with Crippen molar-refractivity contribution in [1.29, 1.82) is 0 Å². The first-order valence-corrected chi connectivity index (χ1v) is 5.69. The molecule has 0 fully saturated rings. The lowest BCUT2D eigenvalue weighted by molar-refractivity contribution is 0.546. The van der Waals surface area contributed by atoms with E-state index in [1.54, 1.807) is 11.3 Å². The molecule has 0 amide bonds. The van der Waals surface area contributed by atoms with Gasteiger partial charge in [-0.05, 0) is 32.9 Å². The first-order valence-electron chi connectivity index (χ1n) is 4.87. The second-order valence-electron chi connectivity index (χ2n) is 3.66. The van der Waals surface area contributed by atoms with E-state index in [2.05, 4.69) is 4.98 Å². The fourth-order valence-electron chi connectivity index (χ4n) is 1.40. The fraction of sp³-hybridized carbons (Fsp3) is 0.364. The van der Waals surface area contributed by atoms with Crippen LogP contribution in [0.5, 0.6) is 0 Å². The standard InChI is InChI=1S/C11H14N2OS/c1-6-4-5-9(14-6)10-8(3)15-11(13-10)7(2)12/h4-5,7H,12H2,1-3H3. The van der Waals surface area contributed by atoms with Crippen molar-refractivity contribution in [2.75, 3.05) is 0 Å². The quantitative estimate of drug-likeness (QED) is 0.849. The number of nitrogens with two attached hydrogens (primary N) is 1. The van der Waals surface area contributed by atoms with E-state index in [-0.39, 0.29) is 6.04 Å². The molecule has 4 heteroatoms. The Morgan fingerprint density at radius 1 is 1.40 bits per heavy atom. The van der Waals surface area contributed by atoms with Crippen LogP contribution in [0.2, 0.25) is 0 Å². The zero-order valence-electron chi connectivity index (χ0n) is 9.07. The van der Waals surface area contributed by atoms with Gasteiger partial charge in [0, 0.05) is 4.88 Å². The van der Waals surface area contributed by atoms with Gasteiger partial charge in [-0.1, -0.05) is 0 Å². The van der Waals surface area contributed by atoms with Crippen molar-refractivity contribution in [3.63, 3.8) is 0 Å². The largest absolute Gasteiger partial charge is 0.460 e. The lowest BCUT2D eigenvalue weighted by Gasteiger charge is -1.96. The minimum atomic E-state index is -0.0153. The van der Waals surface area contributed by atoms with Crippen LogP contribution in [0.15, 0.2) is 16.5 Å². The molecule has 2 aromatic rings. The number of nitrogens with zero attached hydrogens (tertiary/aromatic N) is 1. The molecule has 2 heterocycles. The Bertz CT molecular complexity index is 471. The van der Waals surface area contributed by atoms with Crippen molar-refractivity contribution in [3.05, 3.63) is 27.8 Å². The highest BCUT2D eigenvalue weighted by Gasteiger charge is 2.14. The highest BCUT2D eigenvalue weighted by atomic mass is 32.1. The summed E-state index contributed by atoms with van der Waals surface area (Å²) >= 11 is 1.63. The maximum Gasteiger partial charge on any atom is 0.153 e. The van der Waals surface area contributed by atoms with Crippen LogP contribution in [0.25, 0.3) is 11.5 Å². The van der Waals surface area contributed by atoms with Crippen LogP contribution in [-0.2, 0) is 0 Å². The van der Waals surface area contributed by atoms with Gasteiger partial charge >= 0.3 is 0 Å². The summed E-state index contributed by atoms with van der Waals surface area (Å²) in [5.74, 6) is 1.73. The summed E-state index contributed by atoms with van der Waals surface area (Å²) in [4.78, 5) is 5.64. The maximum atomic E-state index is 5.80. The molecule has 0 saturated heterocycles. The number of aryl methyl sites for hydroxylation is 2. The third-order valence-corrected chi connectivity index (χ3v) is 3.35. The molecule has 1 unspecified atom stereocenters. The lowest BCUT2D eigenvalue weighted by atomic mass is 10.3. The molecule has 0 aliphatic heterocycles. The molecule has 0 aliphatic rings. The molecular formula is C11H14N2OS. The van der Waals surface area contributed by atoms with E-state index in [0.29, 0.717) is 0 Å². The van der Waals surface area contributed by atoms with Crippen molar-refractivity contribution in [2.45, 2.75) is 26.8 Å². The van der Waals surface area contributed by atoms with E-state index >= 15 is 0 Å². The third-order valence-electron chi connectivity index (χ3n) is 2.18. The smallest absolute Gasteiger partial charge is 0.153 e. The van der Waals surface area contributed by atoms with Crippen LogP contribution in [0.3, 0.4) is 0 Å². The van der Waals surface area contributed by atoms with Gasteiger partial charge in [0.2, 0.25) is 0 Å². The van der Waals surface area contributed by atoms with Crippen LogP contribution in [0.4, 0.5) is 0 Å². The average molecular weight is 222 g/mol. The molecule has 0 spiro atoms. The Balaban J connectivity index is 2.44. The Labute approximate surface area is 92.9 Å². The SMILES string of the molecule is Cc1ccc(-c2nc(C(C)N)sc2C)o1. The average Bonchev–Trinajstić information content (AvgIpc) is 2.71. The van der Waals surface area contributed by atoms with E-state index in [4.69, 9.17) is 10.2 Å². The van der Waals surface area contributed by atoms with Crippen molar-refractivity contribution >= 4 is 11.3 Å². The maximum absolute atomic E-state index is 5.80. The number of aromatic nitrogens is 1. The third kappa shape index (κ3) is 1.96. The number of thiazole rings is 1. The van der Waals surface area contributed by atoms with Crippen molar-refractivity contribution in [3.8, 4) is 11.5 Å². The van der Waals surface area contributed by atoms with Crippen molar-refractivity contribution < 1.29 is 4.42 Å². The minimum Gasteiger partial charge on any atom is -0.460 e. The Morgan fingerprint density at radius 3 is 2.60 bits per heavy atom. The zero-order chi connectivity index (χ0) is 11.0. The van der Waals surface area contributed by atoms with Crippen molar-refractivity contribution in [2.24, 2.45) is 5.73 Å². The molecule has 0 aromatic carbocycles. The summed E-state index contributed by atoms with van der Waals surface area (Å²) in [6.45, 7) is 5.91. The monoisotopic (exact) mass is 222 g/mol. The fourth-order valence-corrected chi connectivity index (χ4v) is 2.28. The molecule has 2 rings (SSSR count). The van der Waals surface area contributed by atoms with Gasteiger partial charge in [-0.2, -0.15) is 0 Å². The molecule has 2 N–H and O–H groups in total. The summed E-state index contributed by atoms with van der Waals surface area (Å²) < 4.78 is 5.55. The van der Waals surface area contributed by atoms with Gasteiger partial charge in [0.15, 0.2) is 5.76 Å². The van der Waals surface area contributed by atoms with Crippen molar-refractivity contribution in [1.82, 2.24) is 4.98 Å². The van der Waals surface area contributed by atoms with Crippen LogP contribution in [0.1, 0.15) is 28.6 Å². The molecule has 0 bridgehead atoms. The molecule has 0 radical (unpaired) electrons. The van der Waals surface area contributed by atoms with Gasteiger partial charge in [0.25, 0.3) is 0 Å². The van der Waals surface area contributed by atoms with Crippen LogP contribution < -0.4 is 5.73 Å². The number of rotatable bonds is 2. The van der Waals surface area contributed by atoms with Gasteiger partial charge < -0.3 is 10.2 Å². The molecule has 1 atom stereocenters. The highest BCUT2D eigenvalue weighted by Crippen LogP contribution is 2.30. The molecule has 0 aliphatic carbocycles. The number of hydrogen-bond donors (Lipinski definition) is 1. The molecule has 0 saturated carbocycles. The lowest BCUT2D eigenvalue weighted by Crippen LogP contribution is -2.03. The van der Waals surface area contributed by atoms with Gasteiger partial charge in [-0.15, -0.1) is 11.3 Å². The minimum absolute atomic E-state index is 0.0153. The van der Waals surface area contributed by atoms with Gasteiger partial charge in [0.1, 0.15) is 16.5 Å². The van der Waals surface area contributed by atoms with E-state index in [1.165, 1.54) is 0 Å². The number of hydrogen-bond acceptors (Lipinski definition) is 4. The van der Waals surface area contributed by atoms with Crippen LogP contribution >= 0.6 is 11.3 Å². The molecule has 3 nitrogen and oxygen atoms in total. The van der Waals surface area contributed by atoms with Crippen LogP contribution in [-0.4, -0.2) is 4.98 Å². The van der Waals surface area contributed by atoms with E-state index in [1.807, 2.05) is 32.9 Å². The topological polar surface area (TPSA) is 52.0 Å². The predicted molar refractivity (Wildman–Crippen MR) is 61.9 cm³/mol. The van der Waals surface area contributed by atoms with Gasteiger partial charge in [-0.25, -0.2) is 4.98 Å². The van der Waals surface area contributed by atoms with E-state index < -0.39 is 0 Å².